The van der Waals surface area contributed by atoms with Crippen molar-refractivity contribution in [2.45, 2.75) is 6.61 Å². The van der Waals surface area contributed by atoms with Crippen molar-refractivity contribution in [2.24, 2.45) is 0 Å². The molecule has 0 spiro atoms. The number of ether oxygens (including phenoxy) is 1. The van der Waals surface area contributed by atoms with Crippen LogP contribution in [-0.4, -0.2) is 31.2 Å². The van der Waals surface area contributed by atoms with Crippen molar-refractivity contribution in [2.75, 3.05) is 0 Å². The van der Waals surface area contributed by atoms with Gasteiger partial charge in [-0.25, -0.2) is 4.79 Å². The SMILES string of the molecule is O=C(OCc1nnc(-c2ccccc2Cl)o1)c1cnn(-c2ccccc2)n1. The molecule has 8 nitrogen and oxygen atoms in total. The first-order valence-electron chi connectivity index (χ1n) is 7.93. The molecule has 134 valence electrons. The van der Waals surface area contributed by atoms with E-state index < -0.39 is 5.97 Å². The Morgan fingerprint density at radius 3 is 2.67 bits per heavy atom. The van der Waals surface area contributed by atoms with Gasteiger partial charge in [-0.05, 0) is 24.3 Å². The van der Waals surface area contributed by atoms with Gasteiger partial charge in [0.1, 0.15) is 0 Å². The topological polar surface area (TPSA) is 95.9 Å². The number of rotatable bonds is 5. The number of carbonyl (C=O) groups is 1. The zero-order valence-electron chi connectivity index (χ0n) is 13.8. The van der Waals surface area contributed by atoms with Crippen LogP contribution >= 0.6 is 11.6 Å². The lowest BCUT2D eigenvalue weighted by molar-refractivity contribution is 0.0431. The number of aromatic nitrogens is 5. The third-order valence-corrected chi connectivity index (χ3v) is 3.92. The Morgan fingerprint density at radius 1 is 1.07 bits per heavy atom. The van der Waals surface area contributed by atoms with Gasteiger partial charge in [-0.1, -0.05) is 41.9 Å². The van der Waals surface area contributed by atoms with Gasteiger partial charge in [0.15, 0.2) is 12.3 Å². The van der Waals surface area contributed by atoms with Crippen LogP contribution in [0.5, 0.6) is 0 Å². The average Bonchev–Trinajstić information content (AvgIpc) is 3.37. The first-order valence-corrected chi connectivity index (χ1v) is 8.31. The standard InChI is InChI=1S/C18H12ClN5O3/c19-14-9-5-4-8-13(14)17-22-21-16(27-17)11-26-18(25)15-10-20-24(23-15)12-6-2-1-3-7-12/h1-10H,11H2. The predicted octanol–water partition coefficient (Wildman–Crippen LogP) is 3.33. The number of esters is 1. The molecule has 0 atom stereocenters. The second-order valence-electron chi connectivity index (χ2n) is 5.41. The minimum atomic E-state index is -0.644. The van der Waals surface area contributed by atoms with Crippen molar-refractivity contribution in [1.29, 1.82) is 0 Å². The van der Waals surface area contributed by atoms with Gasteiger partial charge in [0.05, 0.1) is 22.5 Å². The molecule has 4 rings (SSSR count). The molecule has 0 unspecified atom stereocenters. The summed E-state index contributed by atoms with van der Waals surface area (Å²) in [5, 5.41) is 16.4. The summed E-state index contributed by atoms with van der Waals surface area (Å²) >= 11 is 6.10. The van der Waals surface area contributed by atoms with Crippen molar-refractivity contribution in [3.05, 3.63) is 77.4 Å². The number of benzene rings is 2. The van der Waals surface area contributed by atoms with Gasteiger partial charge in [-0.3, -0.25) is 0 Å². The summed E-state index contributed by atoms with van der Waals surface area (Å²) in [4.78, 5) is 13.5. The van der Waals surface area contributed by atoms with Crippen molar-refractivity contribution in [3.8, 4) is 17.1 Å². The molecular formula is C18H12ClN5O3. The Labute approximate surface area is 158 Å². The molecule has 0 aliphatic carbocycles. The van der Waals surface area contributed by atoms with Gasteiger partial charge in [0.2, 0.25) is 5.89 Å². The molecule has 27 heavy (non-hydrogen) atoms. The third kappa shape index (κ3) is 3.70. The lowest BCUT2D eigenvalue weighted by Crippen LogP contribution is -2.07. The summed E-state index contributed by atoms with van der Waals surface area (Å²) in [5.74, 6) is -0.245. The summed E-state index contributed by atoms with van der Waals surface area (Å²) in [6, 6.07) is 16.3. The van der Waals surface area contributed by atoms with Gasteiger partial charge in [0, 0.05) is 0 Å². The molecular weight excluding hydrogens is 370 g/mol. The highest BCUT2D eigenvalue weighted by molar-refractivity contribution is 6.33. The molecule has 0 aliphatic heterocycles. The fourth-order valence-corrected chi connectivity index (χ4v) is 2.52. The molecule has 2 heterocycles. The van der Waals surface area contributed by atoms with Gasteiger partial charge in [-0.2, -0.15) is 9.90 Å². The smallest absolute Gasteiger partial charge is 0.361 e. The van der Waals surface area contributed by atoms with E-state index in [4.69, 9.17) is 20.8 Å². The first kappa shape index (κ1) is 16.9. The fraction of sp³-hybridized carbons (Fsp3) is 0.0556. The van der Waals surface area contributed by atoms with Crippen LogP contribution in [0, 0.1) is 0 Å². The van der Waals surface area contributed by atoms with E-state index in [1.54, 1.807) is 24.3 Å². The largest absolute Gasteiger partial charge is 0.451 e. The number of hydrogen-bond donors (Lipinski definition) is 0. The Kier molecular flexibility index (Phi) is 4.63. The third-order valence-electron chi connectivity index (χ3n) is 3.59. The molecule has 0 N–H and O–H groups in total. The van der Waals surface area contributed by atoms with E-state index in [0.717, 1.165) is 5.69 Å². The molecule has 0 fully saturated rings. The number of nitrogens with zero attached hydrogens (tertiary/aromatic N) is 5. The summed E-state index contributed by atoms with van der Waals surface area (Å²) in [5.41, 5.74) is 1.41. The van der Waals surface area contributed by atoms with E-state index in [2.05, 4.69) is 20.4 Å². The van der Waals surface area contributed by atoms with E-state index >= 15 is 0 Å². The van der Waals surface area contributed by atoms with Gasteiger partial charge in [0.25, 0.3) is 5.89 Å². The van der Waals surface area contributed by atoms with Crippen molar-refractivity contribution >= 4 is 17.6 Å². The number of halogens is 1. The molecule has 0 amide bonds. The quantitative estimate of drug-likeness (QED) is 0.489. The Hall–Kier alpha value is -3.52. The van der Waals surface area contributed by atoms with Crippen LogP contribution in [0.4, 0.5) is 0 Å². The Bertz CT molecular complexity index is 1080. The summed E-state index contributed by atoms with van der Waals surface area (Å²) in [6.07, 6.45) is 1.33. The molecule has 0 aliphatic rings. The van der Waals surface area contributed by atoms with Crippen LogP contribution in [0.1, 0.15) is 16.4 Å². The van der Waals surface area contributed by atoms with Crippen molar-refractivity contribution in [3.63, 3.8) is 0 Å². The number of hydrogen-bond acceptors (Lipinski definition) is 7. The first-order chi connectivity index (χ1) is 13.2. The van der Waals surface area contributed by atoms with Gasteiger partial charge < -0.3 is 9.15 Å². The molecule has 0 saturated heterocycles. The maximum Gasteiger partial charge on any atom is 0.361 e. The van der Waals surface area contributed by atoms with E-state index in [9.17, 15) is 4.79 Å². The van der Waals surface area contributed by atoms with Crippen LogP contribution in [0.15, 0.2) is 65.2 Å². The van der Waals surface area contributed by atoms with Crippen LogP contribution in [0.2, 0.25) is 5.02 Å². The van der Waals surface area contributed by atoms with Crippen LogP contribution in [-0.2, 0) is 11.3 Å². The lowest BCUT2D eigenvalue weighted by atomic mass is 10.2. The van der Waals surface area contributed by atoms with E-state index in [1.165, 1.54) is 11.0 Å². The second kappa shape index (κ2) is 7.38. The van der Waals surface area contributed by atoms with E-state index in [0.29, 0.717) is 10.6 Å². The normalized spacial score (nSPS) is 10.7. The van der Waals surface area contributed by atoms with Crippen LogP contribution < -0.4 is 0 Å². The molecule has 4 aromatic rings. The molecule has 2 aromatic carbocycles. The molecule has 9 heteroatoms. The highest BCUT2D eigenvalue weighted by atomic mass is 35.5. The molecule has 2 aromatic heterocycles. The predicted molar refractivity (Wildman–Crippen MR) is 95.2 cm³/mol. The number of para-hydroxylation sites is 1. The van der Waals surface area contributed by atoms with E-state index in [1.807, 2.05) is 30.3 Å². The van der Waals surface area contributed by atoms with Crippen LogP contribution in [0.25, 0.3) is 17.1 Å². The average molecular weight is 382 g/mol. The Morgan fingerprint density at radius 2 is 1.85 bits per heavy atom. The number of carbonyl (C=O) groups excluding carboxylic acids is 1. The minimum absolute atomic E-state index is 0.0738. The maximum atomic E-state index is 12.1. The summed E-state index contributed by atoms with van der Waals surface area (Å²) < 4.78 is 10.6. The highest BCUT2D eigenvalue weighted by Gasteiger charge is 2.16. The maximum absolute atomic E-state index is 12.1. The van der Waals surface area contributed by atoms with E-state index in [-0.39, 0.29) is 24.1 Å². The zero-order valence-corrected chi connectivity index (χ0v) is 14.6. The summed E-state index contributed by atoms with van der Waals surface area (Å²) in [6.45, 7) is -0.186. The van der Waals surface area contributed by atoms with Crippen molar-refractivity contribution in [1.82, 2.24) is 25.2 Å². The highest BCUT2D eigenvalue weighted by Crippen LogP contribution is 2.26. The lowest BCUT2D eigenvalue weighted by Gasteiger charge is -1.99. The molecule has 0 radical (unpaired) electrons. The van der Waals surface area contributed by atoms with Crippen molar-refractivity contribution < 1.29 is 13.9 Å². The monoisotopic (exact) mass is 381 g/mol. The summed E-state index contributed by atoms with van der Waals surface area (Å²) in [7, 11) is 0. The molecule has 0 bridgehead atoms. The second-order valence-corrected chi connectivity index (χ2v) is 5.82. The van der Waals surface area contributed by atoms with Crippen LogP contribution in [0.3, 0.4) is 0 Å². The minimum Gasteiger partial charge on any atom is -0.451 e. The molecule has 0 saturated carbocycles. The zero-order chi connectivity index (χ0) is 18.6. The Balaban J connectivity index is 1.42. The van der Waals surface area contributed by atoms with Gasteiger partial charge >= 0.3 is 5.97 Å². The fourth-order valence-electron chi connectivity index (χ4n) is 2.30. The van der Waals surface area contributed by atoms with Gasteiger partial charge in [-0.15, -0.1) is 15.3 Å².